The fraction of sp³-hybridized carbons (Fsp3) is 0.538. The van der Waals surface area contributed by atoms with Gasteiger partial charge in [-0.1, -0.05) is 19.1 Å². The molecule has 2 unspecified atom stereocenters. The lowest BCUT2D eigenvalue weighted by molar-refractivity contribution is -0.142. The van der Waals surface area contributed by atoms with Gasteiger partial charge >= 0.3 is 0 Å². The highest BCUT2D eigenvalue weighted by atomic mass is 16.5. The second-order valence-corrected chi connectivity index (χ2v) is 4.42. The second-order valence-electron chi connectivity index (χ2n) is 4.42. The molecule has 2 aliphatic heterocycles. The van der Waals surface area contributed by atoms with Crippen LogP contribution in [0.25, 0.3) is 0 Å². The molecule has 4 heteroatoms. The standard InChI is InChI=1S/C13H17NO3/c1-4-7-14-12(15)10-8(5-2)17-9(6-3)11(10)13(14)16/h5-6,8-11H,2-4,7H2,1H3/t8?,9?,10-,11+. The van der Waals surface area contributed by atoms with Crippen molar-refractivity contribution in [1.29, 1.82) is 0 Å². The summed E-state index contributed by atoms with van der Waals surface area (Å²) in [6.07, 6.45) is 3.22. The van der Waals surface area contributed by atoms with Crippen LogP contribution in [0.2, 0.25) is 0 Å². The van der Waals surface area contributed by atoms with Gasteiger partial charge < -0.3 is 4.74 Å². The number of hydrogen-bond donors (Lipinski definition) is 0. The van der Waals surface area contributed by atoms with Crippen molar-refractivity contribution in [3.63, 3.8) is 0 Å². The second kappa shape index (κ2) is 4.45. The lowest BCUT2D eigenvalue weighted by atomic mass is 9.89. The van der Waals surface area contributed by atoms with Gasteiger partial charge in [-0.15, -0.1) is 13.2 Å². The monoisotopic (exact) mass is 235 g/mol. The molecule has 0 bridgehead atoms. The number of amides is 2. The van der Waals surface area contributed by atoms with Gasteiger partial charge in [0.2, 0.25) is 11.8 Å². The lowest BCUT2D eigenvalue weighted by Crippen LogP contribution is -2.35. The van der Waals surface area contributed by atoms with Gasteiger partial charge in [-0.25, -0.2) is 0 Å². The van der Waals surface area contributed by atoms with Gasteiger partial charge in [0.05, 0.1) is 24.0 Å². The molecular weight excluding hydrogens is 218 g/mol. The van der Waals surface area contributed by atoms with Gasteiger partial charge in [0.25, 0.3) is 0 Å². The highest BCUT2D eigenvalue weighted by Gasteiger charge is 2.57. The molecule has 0 saturated carbocycles. The van der Waals surface area contributed by atoms with Crippen LogP contribution in [0.4, 0.5) is 0 Å². The normalized spacial score (nSPS) is 36.2. The number of imide groups is 1. The molecule has 92 valence electrons. The van der Waals surface area contributed by atoms with Crippen LogP contribution in [0, 0.1) is 11.8 Å². The van der Waals surface area contributed by atoms with E-state index >= 15 is 0 Å². The van der Waals surface area contributed by atoms with Crippen molar-refractivity contribution in [3.05, 3.63) is 25.3 Å². The van der Waals surface area contributed by atoms with Crippen LogP contribution in [-0.4, -0.2) is 35.5 Å². The Morgan fingerprint density at radius 3 is 2.00 bits per heavy atom. The van der Waals surface area contributed by atoms with Crippen LogP contribution in [-0.2, 0) is 14.3 Å². The van der Waals surface area contributed by atoms with E-state index in [1.165, 1.54) is 4.90 Å². The van der Waals surface area contributed by atoms with Crippen LogP contribution in [0.1, 0.15) is 13.3 Å². The van der Waals surface area contributed by atoms with E-state index in [2.05, 4.69) is 13.2 Å². The minimum absolute atomic E-state index is 0.129. The van der Waals surface area contributed by atoms with Crippen molar-refractivity contribution in [2.45, 2.75) is 25.6 Å². The summed E-state index contributed by atoms with van der Waals surface area (Å²) >= 11 is 0. The smallest absolute Gasteiger partial charge is 0.236 e. The molecule has 0 aromatic heterocycles. The number of ether oxygens (including phenoxy) is 1. The van der Waals surface area contributed by atoms with Crippen LogP contribution in [0.3, 0.4) is 0 Å². The van der Waals surface area contributed by atoms with Gasteiger partial charge in [0, 0.05) is 6.54 Å². The molecule has 2 aliphatic rings. The molecule has 2 heterocycles. The average molecular weight is 235 g/mol. The van der Waals surface area contributed by atoms with E-state index in [0.29, 0.717) is 6.54 Å². The summed E-state index contributed by atoms with van der Waals surface area (Å²) < 4.78 is 5.59. The number of fused-ring (bicyclic) bond motifs is 1. The summed E-state index contributed by atoms with van der Waals surface area (Å²) in [6, 6.07) is 0. The SMILES string of the molecule is C=CC1OC(C=C)[C@@H]2C(=O)N(CCC)C(=O)[C@H]12. The molecule has 0 aliphatic carbocycles. The van der Waals surface area contributed by atoms with Gasteiger partial charge in [-0.05, 0) is 6.42 Å². The summed E-state index contributed by atoms with van der Waals surface area (Å²) in [7, 11) is 0. The molecule has 4 atom stereocenters. The van der Waals surface area contributed by atoms with Crippen LogP contribution in [0.5, 0.6) is 0 Å². The van der Waals surface area contributed by atoms with Crippen LogP contribution in [0.15, 0.2) is 25.3 Å². The summed E-state index contributed by atoms with van der Waals surface area (Å²) in [5.74, 6) is -1.07. The molecule has 2 saturated heterocycles. The highest BCUT2D eigenvalue weighted by Crippen LogP contribution is 2.41. The molecule has 0 aromatic rings. The molecule has 0 spiro atoms. The maximum Gasteiger partial charge on any atom is 0.236 e. The summed E-state index contributed by atoms with van der Waals surface area (Å²) in [5, 5.41) is 0. The fourth-order valence-electron chi connectivity index (χ4n) is 2.66. The number of nitrogens with zero attached hydrogens (tertiary/aromatic N) is 1. The third-order valence-corrected chi connectivity index (χ3v) is 3.42. The Labute approximate surface area is 101 Å². The largest absolute Gasteiger partial charge is 0.365 e. The topological polar surface area (TPSA) is 46.6 Å². The molecule has 0 aromatic carbocycles. The third-order valence-electron chi connectivity index (χ3n) is 3.42. The Morgan fingerprint density at radius 2 is 1.65 bits per heavy atom. The third kappa shape index (κ3) is 1.63. The van der Waals surface area contributed by atoms with Crippen molar-refractivity contribution in [3.8, 4) is 0 Å². The first-order valence-electron chi connectivity index (χ1n) is 5.91. The average Bonchev–Trinajstić information content (AvgIpc) is 2.82. The Hall–Kier alpha value is -1.42. The lowest BCUT2D eigenvalue weighted by Gasteiger charge is -2.18. The molecule has 17 heavy (non-hydrogen) atoms. The fourth-order valence-corrected chi connectivity index (χ4v) is 2.66. The predicted molar refractivity (Wildman–Crippen MR) is 63.0 cm³/mol. The summed E-state index contributed by atoms with van der Waals surface area (Å²) in [6.45, 7) is 9.75. The quantitative estimate of drug-likeness (QED) is 0.542. The molecule has 0 radical (unpaired) electrons. The first-order chi connectivity index (χ1) is 8.15. The van der Waals surface area contributed by atoms with Gasteiger partial charge in [-0.3, -0.25) is 14.5 Å². The Balaban J connectivity index is 2.32. The summed E-state index contributed by atoms with van der Waals surface area (Å²) in [5.41, 5.74) is 0. The van der Waals surface area contributed by atoms with E-state index < -0.39 is 11.8 Å². The van der Waals surface area contributed by atoms with E-state index in [4.69, 9.17) is 4.74 Å². The minimum Gasteiger partial charge on any atom is -0.365 e. The number of likely N-dealkylation sites (tertiary alicyclic amines) is 1. The van der Waals surface area contributed by atoms with Crippen molar-refractivity contribution < 1.29 is 14.3 Å². The Bertz CT molecular complexity index is 345. The van der Waals surface area contributed by atoms with Gasteiger partial charge in [0.1, 0.15) is 0 Å². The first-order valence-corrected chi connectivity index (χ1v) is 5.91. The number of hydrogen-bond acceptors (Lipinski definition) is 3. The van der Waals surface area contributed by atoms with Crippen LogP contribution >= 0.6 is 0 Å². The van der Waals surface area contributed by atoms with Crippen molar-refractivity contribution in [2.24, 2.45) is 11.8 Å². The highest BCUT2D eigenvalue weighted by molar-refractivity contribution is 6.06. The zero-order valence-corrected chi connectivity index (χ0v) is 9.96. The van der Waals surface area contributed by atoms with Crippen molar-refractivity contribution >= 4 is 11.8 Å². The van der Waals surface area contributed by atoms with Crippen molar-refractivity contribution in [2.75, 3.05) is 6.54 Å². The number of rotatable bonds is 4. The van der Waals surface area contributed by atoms with E-state index in [1.807, 2.05) is 6.92 Å². The molecule has 4 nitrogen and oxygen atoms in total. The zero-order chi connectivity index (χ0) is 12.6. The molecule has 2 fully saturated rings. The maximum absolute atomic E-state index is 12.2. The maximum atomic E-state index is 12.2. The van der Waals surface area contributed by atoms with Crippen molar-refractivity contribution in [1.82, 2.24) is 4.90 Å². The summed E-state index contributed by atoms with van der Waals surface area (Å²) in [4.78, 5) is 25.7. The first kappa shape index (κ1) is 12.0. The minimum atomic E-state index is -0.408. The Kier molecular flexibility index (Phi) is 3.15. The van der Waals surface area contributed by atoms with Crippen LogP contribution < -0.4 is 0 Å². The molecular formula is C13H17NO3. The van der Waals surface area contributed by atoms with E-state index in [1.54, 1.807) is 12.2 Å². The number of carbonyl (C=O) groups is 2. The molecule has 2 amide bonds. The van der Waals surface area contributed by atoms with E-state index in [-0.39, 0.29) is 24.0 Å². The van der Waals surface area contributed by atoms with Gasteiger partial charge in [0.15, 0.2) is 0 Å². The number of carbonyl (C=O) groups excluding carboxylic acids is 2. The van der Waals surface area contributed by atoms with Gasteiger partial charge in [-0.2, -0.15) is 0 Å². The molecule has 0 N–H and O–H groups in total. The van der Waals surface area contributed by atoms with E-state index in [0.717, 1.165) is 6.42 Å². The van der Waals surface area contributed by atoms with E-state index in [9.17, 15) is 9.59 Å². The predicted octanol–water partition coefficient (Wildman–Crippen LogP) is 1.14. The molecule has 2 rings (SSSR count). The Morgan fingerprint density at radius 1 is 1.18 bits per heavy atom. The zero-order valence-electron chi connectivity index (χ0n) is 9.96.